The molecule has 0 unspecified atom stereocenters. The van der Waals surface area contributed by atoms with Crippen LogP contribution in [0.1, 0.15) is 16.1 Å². The number of carbonyl (C=O) groups is 1. The summed E-state index contributed by atoms with van der Waals surface area (Å²) in [4.78, 5) is 15.1. The van der Waals surface area contributed by atoms with Gasteiger partial charge in [0, 0.05) is 12.1 Å². The smallest absolute Gasteiger partial charge is 0.272 e. The molecule has 3 rings (SSSR count). The average Bonchev–Trinajstić information content (AvgIpc) is 2.93. The molecule has 1 amide bonds. The molecule has 0 aliphatic rings. The highest BCUT2D eigenvalue weighted by atomic mass is 16.3. The van der Waals surface area contributed by atoms with Crippen molar-refractivity contribution in [3.05, 3.63) is 47.9 Å². The molecule has 4 N–H and O–H groups in total. The molecule has 0 saturated carbocycles. The number of furan rings is 1. The Morgan fingerprint density at radius 2 is 2.16 bits per heavy atom. The quantitative estimate of drug-likeness (QED) is 0.615. The number of nitrogen functional groups attached to an aromatic ring is 1. The number of benzene rings is 1. The molecule has 96 valence electrons. The fourth-order valence-electron chi connectivity index (χ4n) is 1.96. The van der Waals surface area contributed by atoms with Crippen LogP contribution in [-0.2, 0) is 0 Å². The number of nitrogens with two attached hydrogens (primary N) is 1. The minimum absolute atomic E-state index is 0.248. The summed E-state index contributed by atoms with van der Waals surface area (Å²) in [6, 6.07) is 8.93. The second-order valence-electron chi connectivity index (χ2n) is 4.43. The van der Waals surface area contributed by atoms with Crippen LogP contribution >= 0.6 is 0 Å². The molecule has 0 aliphatic heterocycles. The summed E-state index contributed by atoms with van der Waals surface area (Å²) in [7, 11) is 0. The van der Waals surface area contributed by atoms with E-state index >= 15 is 0 Å². The standard InChI is InChI=1S/C14H13N3O2/c1-8-2-3-10(9(15)6-8)17-14(18)12-7-13-11(16-12)4-5-19-13/h2-7,16H,15H2,1H3,(H,17,18). The maximum atomic E-state index is 12.1. The van der Waals surface area contributed by atoms with E-state index in [1.807, 2.05) is 19.1 Å². The summed E-state index contributed by atoms with van der Waals surface area (Å²) in [5, 5.41) is 2.77. The van der Waals surface area contributed by atoms with E-state index in [4.69, 9.17) is 10.2 Å². The van der Waals surface area contributed by atoms with Crippen molar-refractivity contribution in [3.63, 3.8) is 0 Å². The third-order valence-corrected chi connectivity index (χ3v) is 2.94. The Bertz CT molecular complexity index is 726. The number of nitrogens with one attached hydrogen (secondary N) is 2. The Labute approximate surface area is 109 Å². The Balaban J connectivity index is 1.86. The Hall–Kier alpha value is -2.69. The van der Waals surface area contributed by atoms with Crippen LogP contribution in [0.3, 0.4) is 0 Å². The van der Waals surface area contributed by atoms with Gasteiger partial charge >= 0.3 is 0 Å². The van der Waals surface area contributed by atoms with Crippen molar-refractivity contribution in [1.29, 1.82) is 0 Å². The normalized spacial score (nSPS) is 10.8. The molecule has 0 saturated heterocycles. The van der Waals surface area contributed by atoms with Crippen LogP contribution in [0.5, 0.6) is 0 Å². The number of fused-ring (bicyclic) bond motifs is 1. The Kier molecular flexibility index (Phi) is 2.52. The molecular formula is C14H13N3O2. The van der Waals surface area contributed by atoms with Gasteiger partial charge in [0.2, 0.25) is 0 Å². The second-order valence-corrected chi connectivity index (χ2v) is 4.43. The topological polar surface area (TPSA) is 84.0 Å². The van der Waals surface area contributed by atoms with Crippen molar-refractivity contribution in [2.24, 2.45) is 0 Å². The van der Waals surface area contributed by atoms with E-state index in [1.54, 1.807) is 24.5 Å². The van der Waals surface area contributed by atoms with Gasteiger partial charge in [0.15, 0.2) is 5.58 Å². The van der Waals surface area contributed by atoms with Crippen molar-refractivity contribution in [2.75, 3.05) is 11.1 Å². The van der Waals surface area contributed by atoms with Crippen LogP contribution in [-0.4, -0.2) is 10.9 Å². The summed E-state index contributed by atoms with van der Waals surface area (Å²) in [5.41, 5.74) is 9.94. The largest absolute Gasteiger partial charge is 0.463 e. The van der Waals surface area contributed by atoms with E-state index < -0.39 is 0 Å². The number of aromatic nitrogens is 1. The number of hydrogen-bond acceptors (Lipinski definition) is 3. The molecule has 0 bridgehead atoms. The lowest BCUT2D eigenvalue weighted by Gasteiger charge is -2.07. The fourth-order valence-corrected chi connectivity index (χ4v) is 1.96. The van der Waals surface area contributed by atoms with Crippen molar-refractivity contribution >= 4 is 28.4 Å². The number of H-pyrrole nitrogens is 1. The van der Waals surface area contributed by atoms with Crippen LogP contribution in [0.4, 0.5) is 11.4 Å². The maximum Gasteiger partial charge on any atom is 0.272 e. The third-order valence-electron chi connectivity index (χ3n) is 2.94. The van der Waals surface area contributed by atoms with Crippen molar-refractivity contribution < 1.29 is 9.21 Å². The first kappa shape index (κ1) is 11.4. The molecule has 0 fully saturated rings. The van der Waals surface area contributed by atoms with Crippen LogP contribution in [0.25, 0.3) is 11.1 Å². The van der Waals surface area contributed by atoms with Gasteiger partial charge in [0.05, 0.1) is 23.2 Å². The van der Waals surface area contributed by atoms with E-state index in [0.717, 1.165) is 11.1 Å². The van der Waals surface area contributed by atoms with Gasteiger partial charge in [-0.3, -0.25) is 4.79 Å². The summed E-state index contributed by atoms with van der Waals surface area (Å²) >= 11 is 0. The minimum Gasteiger partial charge on any atom is -0.463 e. The lowest BCUT2D eigenvalue weighted by atomic mass is 10.2. The maximum absolute atomic E-state index is 12.1. The summed E-state index contributed by atoms with van der Waals surface area (Å²) in [6.07, 6.45) is 1.57. The van der Waals surface area contributed by atoms with Gasteiger partial charge in [-0.05, 0) is 24.6 Å². The molecule has 0 radical (unpaired) electrons. The number of aryl methyl sites for hydroxylation is 1. The SMILES string of the molecule is Cc1ccc(NC(=O)c2cc3occc3[nH]2)c(N)c1. The number of amides is 1. The van der Waals surface area contributed by atoms with E-state index in [2.05, 4.69) is 10.3 Å². The first-order valence-corrected chi connectivity index (χ1v) is 5.87. The molecule has 1 aromatic carbocycles. The van der Waals surface area contributed by atoms with Crippen LogP contribution in [0.15, 0.2) is 41.0 Å². The fraction of sp³-hybridized carbons (Fsp3) is 0.0714. The number of rotatable bonds is 2. The number of hydrogen-bond donors (Lipinski definition) is 3. The first-order valence-electron chi connectivity index (χ1n) is 5.87. The molecular weight excluding hydrogens is 242 g/mol. The Morgan fingerprint density at radius 3 is 2.89 bits per heavy atom. The van der Waals surface area contributed by atoms with Crippen molar-refractivity contribution in [2.45, 2.75) is 6.92 Å². The minimum atomic E-state index is -0.248. The average molecular weight is 255 g/mol. The van der Waals surface area contributed by atoms with E-state index in [9.17, 15) is 4.79 Å². The summed E-state index contributed by atoms with van der Waals surface area (Å²) < 4.78 is 5.20. The van der Waals surface area contributed by atoms with E-state index in [1.165, 1.54) is 0 Å². The molecule has 2 heterocycles. The van der Waals surface area contributed by atoms with Crippen molar-refractivity contribution in [3.8, 4) is 0 Å². The lowest BCUT2D eigenvalue weighted by Crippen LogP contribution is -2.13. The van der Waals surface area contributed by atoms with Gasteiger partial charge in [-0.1, -0.05) is 6.07 Å². The number of aromatic amines is 1. The predicted octanol–water partition coefficient (Wildman–Crippen LogP) is 2.90. The van der Waals surface area contributed by atoms with Crippen LogP contribution in [0, 0.1) is 6.92 Å². The van der Waals surface area contributed by atoms with Gasteiger partial charge in [0.25, 0.3) is 5.91 Å². The van der Waals surface area contributed by atoms with Crippen LogP contribution < -0.4 is 11.1 Å². The molecule has 3 aromatic rings. The monoisotopic (exact) mass is 255 g/mol. The Morgan fingerprint density at radius 1 is 1.32 bits per heavy atom. The summed E-state index contributed by atoms with van der Waals surface area (Å²) in [6.45, 7) is 1.95. The third kappa shape index (κ3) is 2.06. The predicted molar refractivity (Wildman–Crippen MR) is 74.1 cm³/mol. The molecule has 0 spiro atoms. The highest BCUT2D eigenvalue weighted by Gasteiger charge is 2.12. The lowest BCUT2D eigenvalue weighted by molar-refractivity contribution is 0.102. The zero-order valence-electron chi connectivity index (χ0n) is 10.4. The molecule has 0 aliphatic carbocycles. The van der Waals surface area contributed by atoms with Gasteiger partial charge in [-0.2, -0.15) is 0 Å². The van der Waals surface area contributed by atoms with Gasteiger partial charge in [-0.15, -0.1) is 0 Å². The molecule has 5 heteroatoms. The number of carbonyl (C=O) groups excluding carboxylic acids is 1. The molecule has 0 atom stereocenters. The zero-order valence-corrected chi connectivity index (χ0v) is 10.4. The van der Waals surface area contributed by atoms with E-state index in [-0.39, 0.29) is 5.91 Å². The zero-order chi connectivity index (χ0) is 13.4. The molecule has 5 nitrogen and oxygen atoms in total. The van der Waals surface area contributed by atoms with Crippen LogP contribution in [0.2, 0.25) is 0 Å². The summed E-state index contributed by atoms with van der Waals surface area (Å²) in [5.74, 6) is -0.248. The highest BCUT2D eigenvalue weighted by Crippen LogP contribution is 2.21. The number of anilines is 2. The molecule has 19 heavy (non-hydrogen) atoms. The first-order chi connectivity index (χ1) is 9.13. The van der Waals surface area contributed by atoms with Gasteiger partial charge in [0.1, 0.15) is 5.69 Å². The molecule has 2 aromatic heterocycles. The second kappa shape index (κ2) is 4.20. The van der Waals surface area contributed by atoms with Gasteiger partial charge < -0.3 is 20.5 Å². The van der Waals surface area contributed by atoms with E-state index in [0.29, 0.717) is 22.7 Å². The highest BCUT2D eigenvalue weighted by molar-refractivity contribution is 6.06. The van der Waals surface area contributed by atoms with Crippen molar-refractivity contribution in [1.82, 2.24) is 4.98 Å². The van der Waals surface area contributed by atoms with Gasteiger partial charge in [-0.25, -0.2) is 0 Å².